The molecule has 0 saturated carbocycles. The van der Waals surface area contributed by atoms with E-state index in [1.165, 1.54) is 12.3 Å². The first-order chi connectivity index (χ1) is 7.74. The zero-order valence-corrected chi connectivity index (χ0v) is 10.1. The van der Waals surface area contributed by atoms with Gasteiger partial charge in [0.05, 0.1) is 17.6 Å². The number of nitrogens with zero attached hydrogens (tertiary/aromatic N) is 1. The molecule has 1 aromatic rings. The fraction of sp³-hybridized carbons (Fsp3) is 0.417. The maximum atomic E-state index is 12.6. The quantitative estimate of drug-likeness (QED) is 0.608. The number of halogens is 1. The molecule has 0 aliphatic heterocycles. The van der Waals surface area contributed by atoms with Crippen molar-refractivity contribution in [2.75, 3.05) is 18.1 Å². The SMILES string of the molecule is C#CCSCCNC(C)c1ccc(F)cn1. The molecule has 1 atom stereocenters. The van der Waals surface area contributed by atoms with E-state index in [0.717, 1.165) is 23.7 Å². The molecule has 0 aromatic carbocycles. The summed E-state index contributed by atoms with van der Waals surface area (Å²) >= 11 is 1.71. The summed E-state index contributed by atoms with van der Waals surface area (Å²) in [6, 6.07) is 3.25. The van der Waals surface area contributed by atoms with E-state index in [1.807, 2.05) is 6.92 Å². The molecule has 0 saturated heterocycles. The van der Waals surface area contributed by atoms with Crippen LogP contribution in [0.5, 0.6) is 0 Å². The number of thioether (sulfide) groups is 1. The van der Waals surface area contributed by atoms with Gasteiger partial charge in [-0.15, -0.1) is 18.2 Å². The monoisotopic (exact) mass is 238 g/mol. The topological polar surface area (TPSA) is 24.9 Å². The first-order valence-corrected chi connectivity index (χ1v) is 6.25. The van der Waals surface area contributed by atoms with E-state index in [9.17, 15) is 4.39 Å². The summed E-state index contributed by atoms with van der Waals surface area (Å²) in [6.07, 6.45) is 6.38. The van der Waals surface area contributed by atoms with E-state index in [2.05, 4.69) is 16.2 Å². The minimum atomic E-state index is -0.305. The Kier molecular flexibility index (Phi) is 5.91. The summed E-state index contributed by atoms with van der Waals surface area (Å²) in [5, 5.41) is 3.30. The van der Waals surface area contributed by atoms with Gasteiger partial charge in [0.25, 0.3) is 0 Å². The van der Waals surface area contributed by atoms with Crippen LogP contribution in [0.3, 0.4) is 0 Å². The normalized spacial score (nSPS) is 12.1. The van der Waals surface area contributed by atoms with Crippen molar-refractivity contribution in [2.24, 2.45) is 0 Å². The van der Waals surface area contributed by atoms with Crippen molar-refractivity contribution in [1.29, 1.82) is 0 Å². The first-order valence-electron chi connectivity index (χ1n) is 5.10. The molecule has 16 heavy (non-hydrogen) atoms. The second-order valence-electron chi connectivity index (χ2n) is 3.33. The second kappa shape index (κ2) is 7.26. The number of hydrogen-bond donors (Lipinski definition) is 1. The Morgan fingerprint density at radius 3 is 3.06 bits per heavy atom. The minimum Gasteiger partial charge on any atom is -0.308 e. The Hall–Kier alpha value is -1.05. The molecule has 4 heteroatoms. The molecule has 1 aromatic heterocycles. The summed E-state index contributed by atoms with van der Waals surface area (Å²) in [4.78, 5) is 4.02. The number of aromatic nitrogens is 1. The fourth-order valence-electron chi connectivity index (χ4n) is 1.23. The van der Waals surface area contributed by atoms with E-state index in [4.69, 9.17) is 6.42 Å². The Labute approximate surface area is 100 Å². The lowest BCUT2D eigenvalue weighted by Gasteiger charge is -2.12. The Morgan fingerprint density at radius 1 is 1.62 bits per heavy atom. The molecule has 2 nitrogen and oxygen atoms in total. The largest absolute Gasteiger partial charge is 0.308 e. The van der Waals surface area contributed by atoms with E-state index in [1.54, 1.807) is 17.8 Å². The molecule has 0 bridgehead atoms. The van der Waals surface area contributed by atoms with Gasteiger partial charge in [-0.3, -0.25) is 4.98 Å². The van der Waals surface area contributed by atoms with Crippen LogP contribution in [-0.2, 0) is 0 Å². The summed E-state index contributed by atoms with van der Waals surface area (Å²) in [5.74, 6) is 3.98. The van der Waals surface area contributed by atoms with Gasteiger partial charge in [-0.25, -0.2) is 4.39 Å². The van der Waals surface area contributed by atoms with E-state index >= 15 is 0 Å². The zero-order chi connectivity index (χ0) is 11.8. The standard InChI is InChI=1S/C12H15FN2S/c1-3-7-16-8-6-14-10(2)12-5-4-11(13)9-15-12/h1,4-5,9-10,14H,6-8H2,2H3. The minimum absolute atomic E-state index is 0.132. The first kappa shape index (κ1) is 13.0. The summed E-state index contributed by atoms with van der Waals surface area (Å²) in [5.41, 5.74) is 0.850. The highest BCUT2D eigenvalue weighted by Gasteiger charge is 2.05. The Bertz CT molecular complexity index is 345. The number of pyridine rings is 1. The number of nitrogens with one attached hydrogen (secondary N) is 1. The molecule has 0 aliphatic rings. The summed E-state index contributed by atoms with van der Waals surface area (Å²) in [7, 11) is 0. The summed E-state index contributed by atoms with van der Waals surface area (Å²) < 4.78 is 12.6. The molecule has 1 unspecified atom stereocenters. The van der Waals surface area contributed by atoms with Crippen molar-refractivity contribution in [3.63, 3.8) is 0 Å². The lowest BCUT2D eigenvalue weighted by Crippen LogP contribution is -2.22. The highest BCUT2D eigenvalue weighted by molar-refractivity contribution is 7.99. The van der Waals surface area contributed by atoms with Gasteiger partial charge in [0.1, 0.15) is 5.82 Å². The molecule has 1 N–H and O–H groups in total. The van der Waals surface area contributed by atoms with Crippen LogP contribution in [0, 0.1) is 18.2 Å². The maximum absolute atomic E-state index is 12.6. The van der Waals surface area contributed by atoms with Crippen LogP contribution >= 0.6 is 11.8 Å². The van der Waals surface area contributed by atoms with E-state index in [-0.39, 0.29) is 11.9 Å². The smallest absolute Gasteiger partial charge is 0.141 e. The average molecular weight is 238 g/mol. The van der Waals surface area contributed by atoms with Gasteiger partial charge >= 0.3 is 0 Å². The lowest BCUT2D eigenvalue weighted by molar-refractivity contribution is 0.575. The molecule has 86 valence electrons. The van der Waals surface area contributed by atoms with Crippen molar-refractivity contribution in [3.8, 4) is 12.3 Å². The molecule has 0 spiro atoms. The zero-order valence-electron chi connectivity index (χ0n) is 9.24. The third kappa shape index (κ3) is 4.65. The van der Waals surface area contributed by atoms with Gasteiger partial charge < -0.3 is 5.32 Å². The van der Waals surface area contributed by atoms with Crippen LogP contribution in [0.25, 0.3) is 0 Å². The maximum Gasteiger partial charge on any atom is 0.141 e. The van der Waals surface area contributed by atoms with Crippen molar-refractivity contribution in [2.45, 2.75) is 13.0 Å². The second-order valence-corrected chi connectivity index (χ2v) is 4.44. The highest BCUT2D eigenvalue weighted by atomic mass is 32.2. The Morgan fingerprint density at radius 2 is 2.44 bits per heavy atom. The van der Waals surface area contributed by atoms with Gasteiger partial charge in [-0.1, -0.05) is 5.92 Å². The number of rotatable bonds is 6. The van der Waals surface area contributed by atoms with Gasteiger partial charge in [0.15, 0.2) is 0 Å². The predicted octanol–water partition coefficient (Wildman–Crippen LogP) is 2.24. The average Bonchev–Trinajstić information content (AvgIpc) is 2.29. The molecule has 0 radical (unpaired) electrons. The van der Waals surface area contributed by atoms with Crippen LogP contribution < -0.4 is 5.32 Å². The molecular weight excluding hydrogens is 223 g/mol. The molecule has 0 fully saturated rings. The van der Waals surface area contributed by atoms with E-state index in [0.29, 0.717) is 0 Å². The van der Waals surface area contributed by atoms with E-state index < -0.39 is 0 Å². The van der Waals surface area contributed by atoms with Crippen LogP contribution in [0.2, 0.25) is 0 Å². The van der Waals surface area contributed by atoms with Crippen LogP contribution in [0.4, 0.5) is 4.39 Å². The molecule has 1 heterocycles. The number of hydrogen-bond acceptors (Lipinski definition) is 3. The summed E-state index contributed by atoms with van der Waals surface area (Å²) in [6.45, 7) is 2.87. The fourth-order valence-corrected chi connectivity index (χ4v) is 1.75. The highest BCUT2D eigenvalue weighted by Crippen LogP contribution is 2.09. The van der Waals surface area contributed by atoms with Gasteiger partial charge in [-0.2, -0.15) is 0 Å². The van der Waals surface area contributed by atoms with Gasteiger partial charge in [0.2, 0.25) is 0 Å². The van der Waals surface area contributed by atoms with Gasteiger partial charge in [0, 0.05) is 18.3 Å². The molecular formula is C12H15FN2S. The van der Waals surface area contributed by atoms with Crippen LogP contribution in [0.1, 0.15) is 18.7 Å². The predicted molar refractivity (Wildman–Crippen MR) is 66.8 cm³/mol. The van der Waals surface area contributed by atoms with Crippen LogP contribution in [0.15, 0.2) is 18.3 Å². The van der Waals surface area contributed by atoms with Crippen LogP contribution in [-0.4, -0.2) is 23.0 Å². The van der Waals surface area contributed by atoms with Crippen molar-refractivity contribution in [3.05, 3.63) is 29.8 Å². The number of terminal acetylenes is 1. The third-order valence-electron chi connectivity index (χ3n) is 2.08. The molecule has 1 rings (SSSR count). The van der Waals surface area contributed by atoms with Gasteiger partial charge in [-0.05, 0) is 19.1 Å². The molecule has 0 aliphatic carbocycles. The lowest BCUT2D eigenvalue weighted by atomic mass is 10.2. The Balaban J connectivity index is 2.27. The van der Waals surface area contributed by atoms with Crippen molar-refractivity contribution < 1.29 is 4.39 Å². The third-order valence-corrected chi connectivity index (χ3v) is 2.94. The molecule has 0 amide bonds. The van der Waals surface area contributed by atoms with Crippen molar-refractivity contribution >= 4 is 11.8 Å². The van der Waals surface area contributed by atoms with Crippen molar-refractivity contribution in [1.82, 2.24) is 10.3 Å².